The number of aryl methyl sites for hydroxylation is 1. The summed E-state index contributed by atoms with van der Waals surface area (Å²) in [6.07, 6.45) is 0.463. The van der Waals surface area contributed by atoms with Crippen molar-refractivity contribution in [3.05, 3.63) is 53.9 Å². The fourth-order valence-corrected chi connectivity index (χ4v) is 3.49. The molecule has 1 aromatic heterocycles. The highest BCUT2D eigenvalue weighted by atomic mass is 32.2. The standard InChI is InChI=1S/C21H22N4O5S/c1-4-29-17-11-14(7-10-16(17)26)18(20(31-3)24-21(27)28)23-15-8-5-13(6-9-15)19-22-12(2)30-25-19/h5-11,18,23,26H,4H2,1-3H3,(H,27,28). The Kier molecular flexibility index (Phi) is 7.14. The van der Waals surface area contributed by atoms with Gasteiger partial charge in [0.05, 0.1) is 6.61 Å². The van der Waals surface area contributed by atoms with Crippen molar-refractivity contribution in [2.24, 2.45) is 4.99 Å². The maximum absolute atomic E-state index is 11.3. The zero-order chi connectivity index (χ0) is 22.4. The highest BCUT2D eigenvalue weighted by Crippen LogP contribution is 2.33. The van der Waals surface area contributed by atoms with Crippen LogP contribution in [0.25, 0.3) is 11.4 Å². The average Bonchev–Trinajstić information content (AvgIpc) is 3.19. The van der Waals surface area contributed by atoms with Crippen LogP contribution < -0.4 is 10.1 Å². The molecule has 9 nitrogen and oxygen atoms in total. The van der Waals surface area contributed by atoms with Crippen LogP contribution in [-0.4, -0.2) is 44.4 Å². The van der Waals surface area contributed by atoms with Crippen molar-refractivity contribution in [2.45, 2.75) is 19.9 Å². The van der Waals surface area contributed by atoms with Crippen LogP contribution in [0.4, 0.5) is 10.5 Å². The predicted octanol–water partition coefficient (Wildman–Crippen LogP) is 4.74. The number of ether oxygens (including phenoxy) is 1. The van der Waals surface area contributed by atoms with E-state index in [1.165, 1.54) is 17.8 Å². The van der Waals surface area contributed by atoms with E-state index in [1.807, 2.05) is 31.2 Å². The van der Waals surface area contributed by atoms with E-state index in [4.69, 9.17) is 9.26 Å². The molecule has 1 heterocycles. The molecule has 0 aliphatic rings. The zero-order valence-electron chi connectivity index (χ0n) is 17.2. The minimum atomic E-state index is -1.29. The first kappa shape index (κ1) is 22.2. The molecule has 162 valence electrons. The third-order valence-electron chi connectivity index (χ3n) is 4.26. The Bertz CT molecular complexity index is 1080. The first-order valence-corrected chi connectivity index (χ1v) is 10.6. The van der Waals surface area contributed by atoms with Gasteiger partial charge < -0.3 is 24.8 Å². The van der Waals surface area contributed by atoms with Crippen LogP contribution in [0.1, 0.15) is 24.4 Å². The molecule has 31 heavy (non-hydrogen) atoms. The van der Waals surface area contributed by atoms with E-state index < -0.39 is 12.1 Å². The molecule has 0 aliphatic heterocycles. The molecule has 0 saturated carbocycles. The summed E-state index contributed by atoms with van der Waals surface area (Å²) in [5.74, 6) is 1.28. The topological polar surface area (TPSA) is 130 Å². The number of phenols is 1. The van der Waals surface area contributed by atoms with Gasteiger partial charge in [0.2, 0.25) is 11.7 Å². The van der Waals surface area contributed by atoms with Gasteiger partial charge in [-0.05, 0) is 55.1 Å². The van der Waals surface area contributed by atoms with Gasteiger partial charge in [-0.1, -0.05) is 11.2 Å². The number of benzene rings is 2. The molecule has 1 unspecified atom stereocenters. The monoisotopic (exact) mass is 442 g/mol. The van der Waals surface area contributed by atoms with Crippen LogP contribution in [0.15, 0.2) is 52.0 Å². The number of carboxylic acid groups (broad SMARTS) is 1. The number of hydrogen-bond acceptors (Lipinski definition) is 8. The van der Waals surface area contributed by atoms with Gasteiger partial charge >= 0.3 is 6.09 Å². The average molecular weight is 442 g/mol. The Labute approximate surface area is 183 Å². The number of phenolic OH excluding ortho intramolecular Hbond substituents is 1. The normalized spacial score (nSPS) is 12.4. The SMILES string of the molecule is CCOc1cc(C(Nc2ccc(-c3noc(C)n3)cc2)C(=NC(=O)O)SC)ccc1O. The largest absolute Gasteiger partial charge is 0.504 e. The van der Waals surface area contributed by atoms with Gasteiger partial charge in [-0.2, -0.15) is 9.98 Å². The van der Waals surface area contributed by atoms with E-state index in [0.29, 0.717) is 34.7 Å². The number of nitrogens with one attached hydrogen (secondary N) is 1. The minimum absolute atomic E-state index is 0.00461. The fraction of sp³-hybridized carbons (Fsp3) is 0.238. The number of carbonyl (C=O) groups is 1. The number of hydrogen-bond donors (Lipinski definition) is 3. The summed E-state index contributed by atoms with van der Waals surface area (Å²) < 4.78 is 10.5. The van der Waals surface area contributed by atoms with Crippen LogP contribution in [0.2, 0.25) is 0 Å². The van der Waals surface area contributed by atoms with Crippen LogP contribution in [-0.2, 0) is 0 Å². The summed E-state index contributed by atoms with van der Waals surface area (Å²) in [7, 11) is 0. The Hall–Kier alpha value is -3.53. The van der Waals surface area contributed by atoms with E-state index >= 15 is 0 Å². The molecule has 1 atom stereocenters. The molecule has 3 rings (SSSR count). The van der Waals surface area contributed by atoms with Gasteiger partial charge in [-0.3, -0.25) is 0 Å². The van der Waals surface area contributed by atoms with E-state index in [2.05, 4.69) is 20.4 Å². The van der Waals surface area contributed by atoms with Gasteiger partial charge in [-0.15, -0.1) is 11.8 Å². The van der Waals surface area contributed by atoms with Crippen molar-refractivity contribution in [1.29, 1.82) is 0 Å². The number of aromatic nitrogens is 2. The molecule has 0 bridgehead atoms. The van der Waals surface area contributed by atoms with Crippen LogP contribution >= 0.6 is 11.8 Å². The van der Waals surface area contributed by atoms with Crippen molar-refractivity contribution in [1.82, 2.24) is 10.1 Å². The Morgan fingerprint density at radius 3 is 2.61 bits per heavy atom. The lowest BCUT2D eigenvalue weighted by molar-refractivity contribution is 0.205. The summed E-state index contributed by atoms with van der Waals surface area (Å²) in [4.78, 5) is 19.2. The zero-order valence-corrected chi connectivity index (χ0v) is 18.0. The third-order valence-corrected chi connectivity index (χ3v) is 5.01. The van der Waals surface area contributed by atoms with Gasteiger partial charge in [-0.25, -0.2) is 4.79 Å². The van der Waals surface area contributed by atoms with Gasteiger partial charge in [0.15, 0.2) is 11.5 Å². The van der Waals surface area contributed by atoms with E-state index in [-0.39, 0.29) is 5.75 Å². The molecule has 2 aromatic carbocycles. The number of nitrogens with zero attached hydrogens (tertiary/aromatic N) is 3. The Balaban J connectivity index is 1.95. The molecule has 0 radical (unpaired) electrons. The number of anilines is 1. The van der Waals surface area contributed by atoms with Crippen molar-refractivity contribution < 1.29 is 24.3 Å². The third kappa shape index (κ3) is 5.54. The lowest BCUT2D eigenvalue weighted by Gasteiger charge is -2.22. The molecular weight excluding hydrogens is 420 g/mol. The minimum Gasteiger partial charge on any atom is -0.504 e. The molecular formula is C21H22N4O5S. The summed E-state index contributed by atoms with van der Waals surface area (Å²) in [5.41, 5.74) is 2.20. The van der Waals surface area contributed by atoms with E-state index in [9.17, 15) is 15.0 Å². The first-order chi connectivity index (χ1) is 14.9. The van der Waals surface area contributed by atoms with Gasteiger partial charge in [0, 0.05) is 18.2 Å². The second-order valence-corrected chi connectivity index (χ2v) is 7.22. The smallest absolute Gasteiger partial charge is 0.431 e. The maximum Gasteiger partial charge on any atom is 0.431 e. The summed E-state index contributed by atoms with van der Waals surface area (Å²) in [6, 6.07) is 11.6. The quantitative estimate of drug-likeness (QED) is 0.351. The lowest BCUT2D eigenvalue weighted by Crippen LogP contribution is -2.20. The molecule has 3 aromatic rings. The summed E-state index contributed by atoms with van der Waals surface area (Å²) in [5, 5.41) is 26.8. The second-order valence-electron chi connectivity index (χ2n) is 6.39. The lowest BCUT2D eigenvalue weighted by atomic mass is 10.1. The molecule has 1 amide bonds. The van der Waals surface area contributed by atoms with Crippen molar-refractivity contribution in [2.75, 3.05) is 18.2 Å². The second kappa shape index (κ2) is 9.98. The molecule has 0 fully saturated rings. The van der Waals surface area contributed by atoms with Crippen molar-refractivity contribution >= 4 is 28.6 Å². The highest BCUT2D eigenvalue weighted by Gasteiger charge is 2.21. The molecule has 0 saturated heterocycles. The maximum atomic E-state index is 11.3. The van der Waals surface area contributed by atoms with Gasteiger partial charge in [0.25, 0.3) is 0 Å². The van der Waals surface area contributed by atoms with Crippen LogP contribution in [0.3, 0.4) is 0 Å². The number of thioether (sulfide) groups is 1. The van der Waals surface area contributed by atoms with Crippen molar-refractivity contribution in [3.63, 3.8) is 0 Å². The fourth-order valence-electron chi connectivity index (χ4n) is 2.89. The van der Waals surface area contributed by atoms with Crippen LogP contribution in [0, 0.1) is 6.92 Å². The first-order valence-electron chi connectivity index (χ1n) is 9.39. The predicted molar refractivity (Wildman–Crippen MR) is 119 cm³/mol. The van der Waals surface area contributed by atoms with E-state index in [1.54, 1.807) is 25.3 Å². The van der Waals surface area contributed by atoms with Crippen LogP contribution in [0.5, 0.6) is 11.5 Å². The van der Waals surface area contributed by atoms with Crippen molar-refractivity contribution in [3.8, 4) is 22.9 Å². The Morgan fingerprint density at radius 2 is 2.03 bits per heavy atom. The molecule has 0 spiro atoms. The highest BCUT2D eigenvalue weighted by molar-refractivity contribution is 8.13. The Morgan fingerprint density at radius 1 is 1.29 bits per heavy atom. The molecule has 0 aliphatic carbocycles. The number of rotatable bonds is 7. The van der Waals surface area contributed by atoms with E-state index in [0.717, 1.165) is 11.3 Å². The number of aromatic hydroxyl groups is 1. The number of aliphatic imine (C=N–C) groups is 1. The number of amides is 1. The summed E-state index contributed by atoms with van der Waals surface area (Å²) in [6.45, 7) is 3.91. The molecule has 10 heteroatoms. The summed E-state index contributed by atoms with van der Waals surface area (Å²) >= 11 is 1.22. The van der Waals surface area contributed by atoms with Gasteiger partial charge in [0.1, 0.15) is 11.1 Å². The molecule has 3 N–H and O–H groups in total.